The number of benzene rings is 2. The van der Waals surface area contributed by atoms with E-state index < -0.39 is 10.0 Å². The van der Waals surface area contributed by atoms with Crippen LogP contribution >= 0.6 is 15.9 Å². The van der Waals surface area contributed by atoms with Gasteiger partial charge in [0, 0.05) is 49.3 Å². The number of amides is 1. The van der Waals surface area contributed by atoms with Crippen molar-refractivity contribution in [2.45, 2.75) is 12.8 Å². The molecule has 2 aromatic carbocycles. The van der Waals surface area contributed by atoms with Crippen LogP contribution in [0.2, 0.25) is 0 Å². The fourth-order valence-electron chi connectivity index (χ4n) is 3.55. The predicted molar refractivity (Wildman–Crippen MR) is 123 cm³/mol. The number of halogens is 1. The summed E-state index contributed by atoms with van der Waals surface area (Å²) in [5.41, 5.74) is 1.68. The van der Waals surface area contributed by atoms with E-state index in [1.54, 1.807) is 17.0 Å². The van der Waals surface area contributed by atoms with Crippen LogP contribution in [-0.2, 0) is 10.0 Å². The van der Waals surface area contributed by atoms with Crippen LogP contribution in [0.1, 0.15) is 28.8 Å². The summed E-state index contributed by atoms with van der Waals surface area (Å²) < 4.78 is 28.0. The minimum Gasteiger partial charge on any atom is -0.337 e. The lowest BCUT2D eigenvalue weighted by molar-refractivity contribution is 0.0757. The van der Waals surface area contributed by atoms with Gasteiger partial charge in [0.15, 0.2) is 0 Å². The van der Waals surface area contributed by atoms with Crippen LogP contribution in [0.25, 0.3) is 0 Å². The van der Waals surface area contributed by atoms with E-state index in [1.807, 2.05) is 42.5 Å². The van der Waals surface area contributed by atoms with Crippen molar-refractivity contribution < 1.29 is 13.2 Å². The normalized spacial score (nSPS) is 16.2. The Bertz CT molecular complexity index is 930. The summed E-state index contributed by atoms with van der Waals surface area (Å²) in [6.45, 7) is 4.95. The Labute approximate surface area is 187 Å². The fourth-order valence-corrected chi connectivity index (χ4v) is 5.26. The van der Waals surface area contributed by atoms with Gasteiger partial charge in [0.2, 0.25) is 10.0 Å². The Morgan fingerprint density at radius 3 is 2.37 bits per heavy atom. The summed E-state index contributed by atoms with van der Waals surface area (Å²) in [4.78, 5) is 14.9. The maximum Gasteiger partial charge on any atom is 0.253 e. The monoisotopic (exact) mass is 493 g/mol. The van der Waals surface area contributed by atoms with E-state index >= 15 is 0 Å². The molecule has 0 unspecified atom stereocenters. The van der Waals surface area contributed by atoms with Crippen molar-refractivity contribution in [2.24, 2.45) is 0 Å². The molecule has 8 heteroatoms. The fraction of sp³-hybridized carbons (Fsp3) is 0.409. The average molecular weight is 494 g/mol. The molecule has 1 atom stereocenters. The molecule has 2 aromatic rings. The number of carbonyl (C=O) groups is 1. The SMILES string of the molecule is C[C@@H](CN(CCS(=O)(=O)N1CCNCC1)C(=O)c1ccc(Br)cc1)c1ccccc1. The molecular weight excluding hydrogens is 466 g/mol. The third kappa shape index (κ3) is 6.14. The minimum absolute atomic E-state index is 0.0726. The third-order valence-corrected chi connectivity index (χ3v) is 7.71. The van der Waals surface area contributed by atoms with Crippen LogP contribution in [-0.4, -0.2) is 68.6 Å². The summed E-state index contributed by atoms with van der Waals surface area (Å²) in [5.74, 6) is -0.134. The average Bonchev–Trinajstić information content (AvgIpc) is 2.77. The smallest absolute Gasteiger partial charge is 0.253 e. The first-order valence-electron chi connectivity index (χ1n) is 10.1. The third-order valence-electron chi connectivity index (χ3n) is 5.33. The number of nitrogens with zero attached hydrogens (tertiary/aromatic N) is 2. The molecule has 6 nitrogen and oxygen atoms in total. The molecule has 1 aliphatic heterocycles. The number of nitrogens with one attached hydrogen (secondary N) is 1. The first kappa shape index (κ1) is 22.9. The maximum absolute atomic E-state index is 13.2. The molecule has 0 saturated carbocycles. The van der Waals surface area contributed by atoms with Gasteiger partial charge in [0.1, 0.15) is 0 Å². The van der Waals surface area contributed by atoms with Gasteiger partial charge in [0.05, 0.1) is 5.75 Å². The van der Waals surface area contributed by atoms with E-state index in [0.29, 0.717) is 38.3 Å². The van der Waals surface area contributed by atoms with Gasteiger partial charge in [-0.3, -0.25) is 4.79 Å². The topological polar surface area (TPSA) is 69.7 Å². The number of sulfonamides is 1. The van der Waals surface area contributed by atoms with Crippen LogP contribution in [0.5, 0.6) is 0 Å². The highest BCUT2D eigenvalue weighted by Gasteiger charge is 2.26. The summed E-state index contributed by atoms with van der Waals surface area (Å²) in [6, 6.07) is 17.1. The van der Waals surface area contributed by atoms with Crippen molar-refractivity contribution in [2.75, 3.05) is 45.0 Å². The molecule has 0 radical (unpaired) electrons. The van der Waals surface area contributed by atoms with E-state index in [1.165, 1.54) is 4.31 Å². The minimum atomic E-state index is -3.41. The molecular formula is C22H28BrN3O3S. The van der Waals surface area contributed by atoms with Gasteiger partial charge >= 0.3 is 0 Å². The molecule has 0 spiro atoms. The quantitative estimate of drug-likeness (QED) is 0.613. The summed E-state index contributed by atoms with van der Waals surface area (Å²) in [5, 5.41) is 3.17. The highest BCUT2D eigenvalue weighted by Crippen LogP contribution is 2.19. The van der Waals surface area contributed by atoms with Gasteiger partial charge in [-0.25, -0.2) is 8.42 Å². The summed E-state index contributed by atoms with van der Waals surface area (Å²) in [6.07, 6.45) is 0. The molecule has 162 valence electrons. The second-order valence-corrected chi connectivity index (χ2v) is 10.5. The first-order valence-corrected chi connectivity index (χ1v) is 12.6. The Hall–Kier alpha value is -1.74. The van der Waals surface area contributed by atoms with Gasteiger partial charge in [0.25, 0.3) is 5.91 Å². The van der Waals surface area contributed by atoms with Crippen LogP contribution < -0.4 is 5.32 Å². The zero-order valence-electron chi connectivity index (χ0n) is 17.1. The van der Waals surface area contributed by atoms with Crippen molar-refractivity contribution in [3.63, 3.8) is 0 Å². The molecule has 0 aliphatic carbocycles. The predicted octanol–water partition coefficient (Wildman–Crippen LogP) is 2.93. The number of hydrogen-bond donors (Lipinski definition) is 1. The molecule has 1 N–H and O–H groups in total. The highest BCUT2D eigenvalue weighted by atomic mass is 79.9. The zero-order chi connectivity index (χ0) is 21.6. The van der Waals surface area contributed by atoms with E-state index in [0.717, 1.165) is 10.0 Å². The number of hydrogen-bond acceptors (Lipinski definition) is 4. The lowest BCUT2D eigenvalue weighted by Crippen LogP contribution is -2.48. The van der Waals surface area contributed by atoms with E-state index in [9.17, 15) is 13.2 Å². The summed E-state index contributed by atoms with van der Waals surface area (Å²) >= 11 is 3.39. The van der Waals surface area contributed by atoms with Gasteiger partial charge in [-0.15, -0.1) is 0 Å². The first-order chi connectivity index (χ1) is 14.4. The van der Waals surface area contributed by atoms with Gasteiger partial charge in [-0.2, -0.15) is 4.31 Å². The molecule has 1 aliphatic rings. The second-order valence-electron chi connectivity index (χ2n) is 7.53. The molecule has 3 rings (SSSR count). The van der Waals surface area contributed by atoms with Crippen molar-refractivity contribution in [3.8, 4) is 0 Å². The van der Waals surface area contributed by atoms with Crippen LogP contribution in [0.15, 0.2) is 59.1 Å². The molecule has 1 heterocycles. The lowest BCUT2D eigenvalue weighted by Gasteiger charge is -2.30. The maximum atomic E-state index is 13.2. The molecule has 1 amide bonds. The van der Waals surface area contributed by atoms with Gasteiger partial charge < -0.3 is 10.2 Å². The number of rotatable bonds is 8. The standard InChI is InChI=1S/C22H28BrN3O3S/c1-18(19-5-3-2-4-6-19)17-25(22(27)20-7-9-21(23)10-8-20)15-16-30(28,29)26-13-11-24-12-14-26/h2-10,18,24H,11-17H2,1H3/t18-/m0/s1. The highest BCUT2D eigenvalue weighted by molar-refractivity contribution is 9.10. The Kier molecular flexibility index (Phi) is 8.05. The molecule has 30 heavy (non-hydrogen) atoms. The van der Waals surface area contributed by atoms with Crippen LogP contribution in [0.4, 0.5) is 0 Å². The van der Waals surface area contributed by atoms with E-state index in [4.69, 9.17) is 0 Å². The molecule has 1 fully saturated rings. The Balaban J connectivity index is 1.76. The van der Waals surface area contributed by atoms with E-state index in [-0.39, 0.29) is 24.1 Å². The van der Waals surface area contributed by atoms with Gasteiger partial charge in [-0.1, -0.05) is 53.2 Å². The van der Waals surface area contributed by atoms with Crippen molar-refractivity contribution in [1.29, 1.82) is 0 Å². The molecule has 0 bridgehead atoms. The van der Waals surface area contributed by atoms with Crippen molar-refractivity contribution >= 4 is 31.9 Å². The Morgan fingerprint density at radius 2 is 1.73 bits per heavy atom. The number of piperazine rings is 1. The second kappa shape index (κ2) is 10.5. The summed E-state index contributed by atoms with van der Waals surface area (Å²) in [7, 11) is -3.41. The lowest BCUT2D eigenvalue weighted by atomic mass is 10.0. The van der Waals surface area contributed by atoms with E-state index in [2.05, 4.69) is 28.2 Å². The van der Waals surface area contributed by atoms with Crippen LogP contribution in [0, 0.1) is 0 Å². The van der Waals surface area contributed by atoms with Gasteiger partial charge in [-0.05, 0) is 35.7 Å². The Morgan fingerprint density at radius 1 is 1.10 bits per heavy atom. The van der Waals surface area contributed by atoms with Crippen molar-refractivity contribution in [3.05, 3.63) is 70.2 Å². The largest absolute Gasteiger partial charge is 0.337 e. The van der Waals surface area contributed by atoms with Crippen LogP contribution in [0.3, 0.4) is 0 Å². The zero-order valence-corrected chi connectivity index (χ0v) is 19.5. The van der Waals surface area contributed by atoms with Crippen molar-refractivity contribution in [1.82, 2.24) is 14.5 Å². The molecule has 1 saturated heterocycles. The molecule has 0 aromatic heterocycles. The number of carbonyl (C=O) groups excluding carboxylic acids is 1.